The number of rotatable bonds is 6. The molecule has 0 aliphatic rings. The van der Waals surface area contributed by atoms with Crippen LogP contribution in [0, 0.1) is 0 Å². The van der Waals surface area contributed by atoms with Gasteiger partial charge in [-0.05, 0) is 32.0 Å². The van der Waals surface area contributed by atoms with Crippen molar-refractivity contribution in [3.8, 4) is 5.75 Å². The molecule has 0 saturated carbocycles. The highest BCUT2D eigenvalue weighted by atomic mass is 35.5. The first-order chi connectivity index (χ1) is 9.31. The summed E-state index contributed by atoms with van der Waals surface area (Å²) in [6.45, 7) is 3.57. The van der Waals surface area contributed by atoms with Gasteiger partial charge in [0.05, 0.1) is 22.6 Å². The Morgan fingerprint density at radius 3 is 2.65 bits per heavy atom. The van der Waals surface area contributed by atoms with Crippen LogP contribution in [0.15, 0.2) is 23.1 Å². The first-order valence-corrected chi connectivity index (χ1v) is 7.63. The smallest absolute Gasteiger partial charge is 0.251 e. The molecular weight excluding hydrogens is 306 g/mol. The quantitative estimate of drug-likeness (QED) is 0.399. The van der Waals surface area contributed by atoms with E-state index in [2.05, 4.69) is 4.72 Å². The summed E-state index contributed by atoms with van der Waals surface area (Å²) in [4.78, 5) is 11.2. The van der Waals surface area contributed by atoms with E-state index < -0.39 is 22.0 Å². The molecule has 7 nitrogen and oxygen atoms in total. The first kappa shape index (κ1) is 16.7. The van der Waals surface area contributed by atoms with Gasteiger partial charge in [0.25, 0.3) is 5.91 Å². The molecule has 0 heterocycles. The number of nitrogens with one attached hydrogen (secondary N) is 2. The Kier molecular flexibility index (Phi) is 5.75. The number of hydrazine groups is 1. The lowest BCUT2D eigenvalue weighted by atomic mass is 10.3. The fourth-order valence-corrected chi connectivity index (χ4v) is 2.93. The molecule has 0 unspecified atom stereocenters. The van der Waals surface area contributed by atoms with Crippen molar-refractivity contribution >= 4 is 27.5 Å². The van der Waals surface area contributed by atoms with E-state index in [0.29, 0.717) is 12.4 Å². The van der Waals surface area contributed by atoms with Crippen LogP contribution in [0.3, 0.4) is 0 Å². The van der Waals surface area contributed by atoms with Gasteiger partial charge >= 0.3 is 0 Å². The van der Waals surface area contributed by atoms with E-state index in [1.807, 2.05) is 5.43 Å². The zero-order valence-corrected chi connectivity index (χ0v) is 12.6. The maximum atomic E-state index is 12.1. The number of benzene rings is 1. The van der Waals surface area contributed by atoms with Gasteiger partial charge in [-0.3, -0.25) is 10.2 Å². The number of carbonyl (C=O) groups is 1. The predicted molar refractivity (Wildman–Crippen MR) is 74.7 cm³/mol. The Morgan fingerprint density at radius 2 is 2.15 bits per heavy atom. The van der Waals surface area contributed by atoms with Gasteiger partial charge in [-0.25, -0.2) is 14.3 Å². The van der Waals surface area contributed by atoms with Crippen molar-refractivity contribution < 1.29 is 17.9 Å². The molecule has 0 fully saturated rings. The van der Waals surface area contributed by atoms with Crippen molar-refractivity contribution in [2.24, 2.45) is 5.84 Å². The number of halogens is 1. The molecule has 0 aliphatic heterocycles. The van der Waals surface area contributed by atoms with Crippen LogP contribution in [-0.2, 0) is 14.8 Å². The Labute approximate surface area is 122 Å². The van der Waals surface area contributed by atoms with Gasteiger partial charge in [-0.15, -0.1) is 0 Å². The van der Waals surface area contributed by atoms with Crippen molar-refractivity contribution in [3.05, 3.63) is 23.2 Å². The second-order valence-corrected chi connectivity index (χ2v) is 6.00. The van der Waals surface area contributed by atoms with Crippen LogP contribution >= 0.6 is 11.6 Å². The average Bonchev–Trinajstić information content (AvgIpc) is 2.39. The lowest BCUT2D eigenvalue weighted by Gasteiger charge is -2.13. The molecule has 1 rings (SSSR count). The van der Waals surface area contributed by atoms with Crippen LogP contribution in [0.5, 0.6) is 5.75 Å². The highest BCUT2D eigenvalue weighted by Crippen LogP contribution is 2.27. The molecule has 4 N–H and O–H groups in total. The van der Waals surface area contributed by atoms with Crippen molar-refractivity contribution in [2.75, 3.05) is 6.61 Å². The standard InChI is InChI=1S/C11H16ClN3O4S/c1-3-19-10-5-4-8(6-9(10)12)20(17,18)15-7(2)11(16)14-13/h4-7,15H,3,13H2,1-2H3,(H,14,16)/t7-/m0/s1. The van der Waals surface area contributed by atoms with Crippen LogP contribution in [0.25, 0.3) is 0 Å². The van der Waals surface area contributed by atoms with Crippen LogP contribution in [0.4, 0.5) is 0 Å². The summed E-state index contributed by atoms with van der Waals surface area (Å²) in [5.74, 6) is 4.68. The number of hydrogen-bond acceptors (Lipinski definition) is 5. The zero-order chi connectivity index (χ0) is 15.3. The lowest BCUT2D eigenvalue weighted by molar-refractivity contribution is -0.122. The molecule has 20 heavy (non-hydrogen) atoms. The lowest BCUT2D eigenvalue weighted by Crippen LogP contribution is -2.47. The largest absolute Gasteiger partial charge is 0.492 e. The SMILES string of the molecule is CCOc1ccc(S(=O)(=O)N[C@@H](C)C(=O)NN)cc1Cl. The van der Waals surface area contributed by atoms with Crippen molar-refractivity contribution in [1.82, 2.24) is 10.1 Å². The minimum Gasteiger partial charge on any atom is -0.492 e. The van der Waals surface area contributed by atoms with E-state index >= 15 is 0 Å². The molecule has 1 amide bonds. The third-order valence-corrected chi connectivity index (χ3v) is 4.21. The highest BCUT2D eigenvalue weighted by molar-refractivity contribution is 7.89. The highest BCUT2D eigenvalue weighted by Gasteiger charge is 2.22. The maximum absolute atomic E-state index is 12.1. The monoisotopic (exact) mass is 321 g/mol. The fraction of sp³-hybridized carbons (Fsp3) is 0.364. The summed E-state index contributed by atoms with van der Waals surface area (Å²) in [6.07, 6.45) is 0. The Hall–Kier alpha value is -1.35. The molecule has 112 valence electrons. The number of ether oxygens (including phenoxy) is 1. The number of amides is 1. The first-order valence-electron chi connectivity index (χ1n) is 5.77. The van der Waals surface area contributed by atoms with Crippen LogP contribution < -0.4 is 20.7 Å². The zero-order valence-electron chi connectivity index (χ0n) is 11.0. The summed E-state index contributed by atoms with van der Waals surface area (Å²) >= 11 is 5.92. The van der Waals surface area contributed by atoms with Gasteiger partial charge in [-0.2, -0.15) is 4.72 Å². The Balaban J connectivity index is 2.98. The summed E-state index contributed by atoms with van der Waals surface area (Å²) < 4.78 is 31.5. The van der Waals surface area contributed by atoms with Gasteiger partial charge in [0.2, 0.25) is 10.0 Å². The molecule has 0 aromatic heterocycles. The normalized spacial score (nSPS) is 12.8. The van der Waals surface area contributed by atoms with E-state index in [-0.39, 0.29) is 9.92 Å². The van der Waals surface area contributed by atoms with Crippen molar-refractivity contribution in [1.29, 1.82) is 0 Å². The molecule has 0 saturated heterocycles. The number of carbonyl (C=O) groups excluding carboxylic acids is 1. The molecule has 0 aliphatic carbocycles. The second kappa shape index (κ2) is 6.89. The van der Waals surface area contributed by atoms with Crippen molar-refractivity contribution in [3.63, 3.8) is 0 Å². The molecule has 9 heteroatoms. The van der Waals surface area contributed by atoms with Crippen LogP contribution in [-0.4, -0.2) is 27.0 Å². The minimum atomic E-state index is -3.88. The molecule has 0 radical (unpaired) electrons. The average molecular weight is 322 g/mol. The van der Waals surface area contributed by atoms with E-state index in [1.165, 1.54) is 25.1 Å². The fourth-order valence-electron chi connectivity index (χ4n) is 1.40. The third-order valence-electron chi connectivity index (χ3n) is 2.38. The number of hydrogen-bond donors (Lipinski definition) is 3. The summed E-state index contributed by atoms with van der Waals surface area (Å²) in [5, 5.41) is 0.172. The second-order valence-electron chi connectivity index (χ2n) is 3.88. The van der Waals surface area contributed by atoms with Gasteiger partial charge < -0.3 is 4.74 Å². The third kappa shape index (κ3) is 4.07. The molecule has 1 aromatic carbocycles. The molecule has 0 spiro atoms. The number of sulfonamides is 1. The van der Waals surface area contributed by atoms with Crippen LogP contribution in [0.2, 0.25) is 5.02 Å². The predicted octanol–water partition coefficient (Wildman–Crippen LogP) is 0.395. The van der Waals surface area contributed by atoms with Gasteiger partial charge in [0.1, 0.15) is 5.75 Å². The summed E-state index contributed by atoms with van der Waals surface area (Å²) in [7, 11) is -3.88. The number of nitrogens with two attached hydrogens (primary N) is 1. The molecule has 1 atom stereocenters. The van der Waals surface area contributed by atoms with Crippen molar-refractivity contribution in [2.45, 2.75) is 24.8 Å². The molecular formula is C11H16ClN3O4S. The summed E-state index contributed by atoms with van der Waals surface area (Å²) in [5.41, 5.74) is 1.86. The van der Waals surface area contributed by atoms with E-state index in [4.69, 9.17) is 22.2 Å². The van der Waals surface area contributed by atoms with Crippen LogP contribution in [0.1, 0.15) is 13.8 Å². The van der Waals surface area contributed by atoms with E-state index in [0.717, 1.165) is 0 Å². The summed E-state index contributed by atoms with van der Waals surface area (Å²) in [6, 6.07) is 3.04. The minimum absolute atomic E-state index is 0.0670. The Bertz CT molecular complexity index is 591. The van der Waals surface area contributed by atoms with Gasteiger partial charge in [-0.1, -0.05) is 11.6 Å². The molecule has 1 aromatic rings. The topological polar surface area (TPSA) is 111 Å². The Morgan fingerprint density at radius 1 is 1.50 bits per heavy atom. The van der Waals surface area contributed by atoms with Gasteiger partial charge in [0.15, 0.2) is 0 Å². The van der Waals surface area contributed by atoms with E-state index in [1.54, 1.807) is 6.92 Å². The molecule has 0 bridgehead atoms. The van der Waals surface area contributed by atoms with E-state index in [9.17, 15) is 13.2 Å². The maximum Gasteiger partial charge on any atom is 0.251 e. The van der Waals surface area contributed by atoms with Gasteiger partial charge in [0, 0.05) is 0 Å².